The average Bonchev–Trinajstić information content (AvgIpc) is 3.11. The fourth-order valence-electron chi connectivity index (χ4n) is 2.32. The summed E-state index contributed by atoms with van der Waals surface area (Å²) >= 11 is 0. The summed E-state index contributed by atoms with van der Waals surface area (Å²) in [5.74, 6) is 0.555. The molecule has 0 bridgehead atoms. The van der Waals surface area contributed by atoms with E-state index < -0.39 is 0 Å². The van der Waals surface area contributed by atoms with E-state index in [1.54, 1.807) is 6.08 Å². The summed E-state index contributed by atoms with van der Waals surface area (Å²) in [7, 11) is 0. The highest BCUT2D eigenvalue weighted by Crippen LogP contribution is 2.19. The quantitative estimate of drug-likeness (QED) is 0.870. The first-order chi connectivity index (χ1) is 9.81. The van der Waals surface area contributed by atoms with Gasteiger partial charge in [-0.1, -0.05) is 18.2 Å². The van der Waals surface area contributed by atoms with Crippen molar-refractivity contribution >= 4 is 23.0 Å². The van der Waals surface area contributed by atoms with E-state index in [4.69, 9.17) is 9.15 Å². The van der Waals surface area contributed by atoms with Gasteiger partial charge in [0, 0.05) is 24.6 Å². The highest BCUT2D eigenvalue weighted by molar-refractivity contribution is 5.92. The largest absolute Gasteiger partial charge is 0.457 e. The van der Waals surface area contributed by atoms with Crippen LogP contribution in [0.25, 0.3) is 17.0 Å². The van der Waals surface area contributed by atoms with Gasteiger partial charge in [-0.2, -0.15) is 0 Å². The molecule has 1 aromatic carbocycles. The van der Waals surface area contributed by atoms with Gasteiger partial charge in [-0.3, -0.25) is 4.79 Å². The van der Waals surface area contributed by atoms with Crippen LogP contribution >= 0.6 is 0 Å². The SMILES string of the molecule is O=C(/C=C/c1cc2ccccc2o1)NCC1CCCO1. The number of ether oxygens (including phenoxy) is 1. The van der Waals surface area contributed by atoms with Crippen molar-refractivity contribution in [3.63, 3.8) is 0 Å². The summed E-state index contributed by atoms with van der Waals surface area (Å²) < 4.78 is 11.1. The number of carbonyl (C=O) groups is 1. The van der Waals surface area contributed by atoms with Gasteiger partial charge in [0.1, 0.15) is 11.3 Å². The maximum absolute atomic E-state index is 11.7. The molecule has 1 aromatic heterocycles. The Morgan fingerprint density at radius 3 is 3.10 bits per heavy atom. The highest BCUT2D eigenvalue weighted by Gasteiger charge is 2.15. The summed E-state index contributed by atoms with van der Waals surface area (Å²) in [4.78, 5) is 11.7. The summed E-state index contributed by atoms with van der Waals surface area (Å²) in [6, 6.07) is 9.68. The van der Waals surface area contributed by atoms with Crippen molar-refractivity contribution in [1.82, 2.24) is 5.32 Å². The van der Waals surface area contributed by atoms with Crippen molar-refractivity contribution in [3.05, 3.63) is 42.2 Å². The molecule has 0 radical (unpaired) electrons. The van der Waals surface area contributed by atoms with E-state index in [1.807, 2.05) is 30.3 Å². The monoisotopic (exact) mass is 271 g/mol. The Labute approximate surface area is 117 Å². The summed E-state index contributed by atoms with van der Waals surface area (Å²) in [5.41, 5.74) is 0.826. The summed E-state index contributed by atoms with van der Waals surface area (Å²) in [6.07, 6.45) is 5.44. The first-order valence-corrected chi connectivity index (χ1v) is 6.87. The summed E-state index contributed by atoms with van der Waals surface area (Å²) in [6.45, 7) is 1.37. The molecule has 0 spiro atoms. The number of benzene rings is 1. The fourth-order valence-corrected chi connectivity index (χ4v) is 2.32. The molecule has 2 heterocycles. The number of furan rings is 1. The Morgan fingerprint density at radius 1 is 1.40 bits per heavy atom. The molecule has 1 amide bonds. The fraction of sp³-hybridized carbons (Fsp3) is 0.312. The van der Waals surface area contributed by atoms with Crippen LogP contribution in [0.15, 0.2) is 40.8 Å². The molecule has 1 aliphatic rings. The lowest BCUT2D eigenvalue weighted by Crippen LogP contribution is -2.30. The third-order valence-corrected chi connectivity index (χ3v) is 3.37. The molecule has 1 fully saturated rings. The normalized spacial score (nSPS) is 18.9. The number of carbonyl (C=O) groups excluding carboxylic acids is 1. The Hall–Kier alpha value is -2.07. The molecule has 2 aromatic rings. The first kappa shape index (κ1) is 12.9. The molecule has 1 unspecified atom stereocenters. The second kappa shape index (κ2) is 5.92. The number of hydrogen-bond donors (Lipinski definition) is 1. The molecule has 1 atom stereocenters. The maximum atomic E-state index is 11.7. The van der Waals surface area contributed by atoms with E-state index >= 15 is 0 Å². The van der Waals surface area contributed by atoms with E-state index in [0.717, 1.165) is 30.4 Å². The standard InChI is InChI=1S/C16H17NO3/c18-16(17-11-14-5-3-9-19-14)8-7-13-10-12-4-1-2-6-15(12)20-13/h1-2,4,6-8,10,14H,3,5,9,11H2,(H,17,18)/b8-7+. The third kappa shape index (κ3) is 3.08. The lowest BCUT2D eigenvalue weighted by atomic mass is 10.2. The van der Waals surface area contributed by atoms with Crippen LogP contribution in [0.5, 0.6) is 0 Å². The van der Waals surface area contributed by atoms with Gasteiger partial charge in [0.15, 0.2) is 0 Å². The topological polar surface area (TPSA) is 51.5 Å². The zero-order valence-corrected chi connectivity index (χ0v) is 11.2. The van der Waals surface area contributed by atoms with Crippen molar-refractivity contribution in [2.45, 2.75) is 18.9 Å². The molecule has 20 heavy (non-hydrogen) atoms. The Morgan fingerprint density at radius 2 is 2.30 bits per heavy atom. The van der Waals surface area contributed by atoms with Gasteiger partial charge in [0.2, 0.25) is 5.91 Å². The van der Waals surface area contributed by atoms with Gasteiger partial charge < -0.3 is 14.5 Å². The number of hydrogen-bond acceptors (Lipinski definition) is 3. The molecule has 1 saturated heterocycles. The minimum atomic E-state index is -0.124. The predicted molar refractivity (Wildman–Crippen MR) is 77.2 cm³/mol. The van der Waals surface area contributed by atoms with Gasteiger partial charge in [0.25, 0.3) is 0 Å². The second-order valence-corrected chi connectivity index (χ2v) is 4.90. The average molecular weight is 271 g/mol. The summed E-state index contributed by atoms with van der Waals surface area (Å²) in [5, 5.41) is 3.87. The zero-order valence-electron chi connectivity index (χ0n) is 11.2. The number of rotatable bonds is 4. The number of nitrogens with one attached hydrogen (secondary N) is 1. The molecular formula is C16H17NO3. The van der Waals surface area contributed by atoms with Crippen LogP contribution in [0, 0.1) is 0 Å². The van der Waals surface area contributed by atoms with Gasteiger partial charge in [-0.15, -0.1) is 0 Å². The van der Waals surface area contributed by atoms with Crippen LogP contribution < -0.4 is 5.32 Å². The minimum Gasteiger partial charge on any atom is -0.457 e. The lowest BCUT2D eigenvalue weighted by molar-refractivity contribution is -0.116. The number of amides is 1. The highest BCUT2D eigenvalue weighted by atomic mass is 16.5. The molecular weight excluding hydrogens is 254 g/mol. The van der Waals surface area contributed by atoms with Crippen molar-refractivity contribution in [3.8, 4) is 0 Å². The van der Waals surface area contributed by atoms with Crippen LogP contribution in [-0.2, 0) is 9.53 Å². The van der Waals surface area contributed by atoms with E-state index in [2.05, 4.69) is 5.32 Å². The van der Waals surface area contributed by atoms with Crippen LogP contribution in [-0.4, -0.2) is 25.2 Å². The van der Waals surface area contributed by atoms with Crippen LogP contribution in [0.3, 0.4) is 0 Å². The van der Waals surface area contributed by atoms with E-state index in [-0.39, 0.29) is 12.0 Å². The molecule has 1 N–H and O–H groups in total. The van der Waals surface area contributed by atoms with Crippen molar-refractivity contribution in [1.29, 1.82) is 0 Å². The molecule has 1 aliphatic heterocycles. The Bertz CT molecular complexity index is 590. The second-order valence-electron chi connectivity index (χ2n) is 4.90. The maximum Gasteiger partial charge on any atom is 0.244 e. The van der Waals surface area contributed by atoms with Gasteiger partial charge in [-0.05, 0) is 31.1 Å². The van der Waals surface area contributed by atoms with E-state index in [1.165, 1.54) is 6.08 Å². The lowest BCUT2D eigenvalue weighted by Gasteiger charge is -2.08. The molecule has 4 heteroatoms. The van der Waals surface area contributed by atoms with E-state index in [9.17, 15) is 4.79 Å². The van der Waals surface area contributed by atoms with Crippen molar-refractivity contribution in [2.24, 2.45) is 0 Å². The Balaban J connectivity index is 1.56. The molecule has 4 nitrogen and oxygen atoms in total. The van der Waals surface area contributed by atoms with Gasteiger partial charge in [0.05, 0.1) is 6.10 Å². The van der Waals surface area contributed by atoms with E-state index in [0.29, 0.717) is 12.3 Å². The van der Waals surface area contributed by atoms with Crippen LogP contribution in [0.2, 0.25) is 0 Å². The first-order valence-electron chi connectivity index (χ1n) is 6.87. The molecule has 0 aliphatic carbocycles. The van der Waals surface area contributed by atoms with Gasteiger partial charge in [-0.25, -0.2) is 0 Å². The van der Waals surface area contributed by atoms with Crippen LogP contribution in [0.4, 0.5) is 0 Å². The van der Waals surface area contributed by atoms with Crippen LogP contribution in [0.1, 0.15) is 18.6 Å². The smallest absolute Gasteiger partial charge is 0.244 e. The zero-order chi connectivity index (χ0) is 13.8. The third-order valence-electron chi connectivity index (χ3n) is 3.37. The predicted octanol–water partition coefficient (Wildman–Crippen LogP) is 2.74. The van der Waals surface area contributed by atoms with Crippen molar-refractivity contribution in [2.75, 3.05) is 13.2 Å². The van der Waals surface area contributed by atoms with Gasteiger partial charge >= 0.3 is 0 Å². The Kier molecular flexibility index (Phi) is 3.83. The minimum absolute atomic E-state index is 0.124. The van der Waals surface area contributed by atoms with Crippen molar-refractivity contribution < 1.29 is 13.9 Å². The molecule has 3 rings (SSSR count). The number of para-hydroxylation sites is 1. The number of fused-ring (bicyclic) bond motifs is 1. The molecule has 104 valence electrons. The molecule has 0 saturated carbocycles.